The van der Waals surface area contributed by atoms with Crippen molar-refractivity contribution in [1.82, 2.24) is 0 Å². The predicted octanol–water partition coefficient (Wildman–Crippen LogP) is 1.67. The second-order valence-corrected chi connectivity index (χ2v) is 8.28. The van der Waals surface area contributed by atoms with E-state index in [1.54, 1.807) is 12.1 Å². The van der Waals surface area contributed by atoms with Gasteiger partial charge in [0.15, 0.2) is 6.29 Å². The van der Waals surface area contributed by atoms with Gasteiger partial charge in [-0.05, 0) is 28.1 Å². The maximum atomic E-state index is 12.1. The van der Waals surface area contributed by atoms with E-state index in [4.69, 9.17) is 5.14 Å². The first kappa shape index (κ1) is 16.6. The summed E-state index contributed by atoms with van der Waals surface area (Å²) in [6.07, 6.45) is 0.752. The van der Waals surface area contributed by atoms with Gasteiger partial charge >= 0.3 is 0 Å². The molecule has 2 N–H and O–H groups in total. The van der Waals surface area contributed by atoms with Crippen molar-refractivity contribution >= 4 is 59.8 Å². The number of rotatable bonds is 4. The second kappa shape index (κ2) is 6.15. The summed E-state index contributed by atoms with van der Waals surface area (Å²) in [5.74, 6) is -0.850. The van der Waals surface area contributed by atoms with Gasteiger partial charge in [-0.1, -0.05) is 15.9 Å². The molecule has 1 aromatic carbocycles. The minimum absolute atomic E-state index is 0.0945. The van der Waals surface area contributed by atoms with Crippen molar-refractivity contribution in [1.29, 1.82) is 0 Å². The Morgan fingerprint density at radius 3 is 2.62 bits per heavy atom. The Morgan fingerprint density at radius 1 is 1.38 bits per heavy atom. The fourth-order valence-corrected chi connectivity index (χ4v) is 4.75. The molecule has 0 saturated carbocycles. The van der Waals surface area contributed by atoms with Gasteiger partial charge in [-0.25, -0.2) is 13.6 Å². The van der Waals surface area contributed by atoms with Crippen molar-refractivity contribution in [3.05, 3.63) is 26.6 Å². The average molecular weight is 440 g/mol. The van der Waals surface area contributed by atoms with Gasteiger partial charge in [0.1, 0.15) is 0 Å². The fraction of sp³-hybridized carbons (Fsp3) is 0.333. The molecule has 1 aliphatic heterocycles. The minimum Gasteiger partial charge on any atom is -0.310 e. The normalized spacial score (nSPS) is 19.1. The summed E-state index contributed by atoms with van der Waals surface area (Å²) in [4.78, 5) is 24.8. The lowest BCUT2D eigenvalue weighted by molar-refractivity contribution is -0.117. The van der Waals surface area contributed by atoms with Crippen LogP contribution in [0.4, 0.5) is 5.69 Å². The first-order valence-corrected chi connectivity index (χ1v) is 9.26. The van der Waals surface area contributed by atoms with E-state index in [-0.39, 0.29) is 30.5 Å². The minimum atomic E-state index is -3.64. The van der Waals surface area contributed by atoms with Crippen molar-refractivity contribution in [2.45, 2.75) is 6.42 Å². The number of amides is 1. The topological polar surface area (TPSA) is 97.5 Å². The molecular formula is C12H12Br2N2O4S. The van der Waals surface area contributed by atoms with Crippen LogP contribution < -0.4 is 10.0 Å². The molecule has 1 aliphatic rings. The van der Waals surface area contributed by atoms with Crippen LogP contribution in [-0.2, 0) is 14.8 Å². The molecule has 1 atom stereocenters. The Balaban J connectivity index is 2.35. The standard InChI is InChI=1S/C12H12Br2N2O4S/c13-9-2-8(5-17)12(10(14)3-9)16-4-7(1-11(16)18)6-21(15,19)20/h2-3,5,7H,1,4,6H2,(H2,15,19,20). The van der Waals surface area contributed by atoms with Gasteiger partial charge in [-0.15, -0.1) is 0 Å². The summed E-state index contributed by atoms with van der Waals surface area (Å²) < 4.78 is 23.6. The average Bonchev–Trinajstić information content (AvgIpc) is 2.66. The number of primary sulfonamides is 1. The zero-order valence-corrected chi connectivity index (χ0v) is 14.7. The Labute approximate surface area is 139 Å². The highest BCUT2D eigenvalue weighted by molar-refractivity contribution is 9.11. The molecule has 0 bridgehead atoms. The van der Waals surface area contributed by atoms with Crippen LogP contribution in [0.3, 0.4) is 0 Å². The van der Waals surface area contributed by atoms with Crippen LogP contribution in [0.25, 0.3) is 0 Å². The monoisotopic (exact) mass is 438 g/mol. The molecule has 1 fully saturated rings. The number of aldehydes is 1. The number of anilines is 1. The number of carbonyl (C=O) groups excluding carboxylic acids is 2. The molecule has 1 saturated heterocycles. The van der Waals surface area contributed by atoms with Crippen molar-refractivity contribution in [2.24, 2.45) is 11.1 Å². The zero-order chi connectivity index (χ0) is 15.8. The maximum absolute atomic E-state index is 12.1. The summed E-state index contributed by atoms with van der Waals surface area (Å²) >= 11 is 6.61. The summed E-state index contributed by atoms with van der Waals surface area (Å²) in [5.41, 5.74) is 0.802. The van der Waals surface area contributed by atoms with Gasteiger partial charge in [0.25, 0.3) is 0 Å². The molecule has 0 spiro atoms. The SMILES string of the molecule is NS(=O)(=O)CC1CC(=O)N(c2c(Br)cc(Br)cc2C=O)C1. The quantitative estimate of drug-likeness (QED) is 0.721. The third-order valence-corrected chi connectivity index (χ3v) is 5.13. The number of hydrogen-bond acceptors (Lipinski definition) is 4. The molecule has 114 valence electrons. The molecule has 6 nitrogen and oxygen atoms in total. The fourth-order valence-electron chi connectivity index (χ4n) is 2.40. The van der Waals surface area contributed by atoms with E-state index >= 15 is 0 Å². The molecular weight excluding hydrogens is 428 g/mol. The van der Waals surface area contributed by atoms with Gasteiger partial charge in [0, 0.05) is 33.4 Å². The molecule has 0 radical (unpaired) electrons. The highest BCUT2D eigenvalue weighted by Gasteiger charge is 2.34. The van der Waals surface area contributed by atoms with Gasteiger partial charge in [0.2, 0.25) is 15.9 Å². The first-order valence-electron chi connectivity index (χ1n) is 5.96. The highest BCUT2D eigenvalue weighted by Crippen LogP contribution is 2.36. The number of nitrogens with two attached hydrogens (primary N) is 1. The van der Waals surface area contributed by atoms with E-state index in [1.807, 2.05) is 0 Å². The van der Waals surface area contributed by atoms with E-state index in [9.17, 15) is 18.0 Å². The third-order valence-electron chi connectivity index (χ3n) is 3.13. The molecule has 2 rings (SSSR count). The van der Waals surface area contributed by atoms with E-state index < -0.39 is 10.0 Å². The van der Waals surface area contributed by atoms with Crippen molar-refractivity contribution in [3.8, 4) is 0 Å². The number of nitrogens with zero attached hydrogens (tertiary/aromatic N) is 1. The Kier molecular flexibility index (Phi) is 4.86. The van der Waals surface area contributed by atoms with Gasteiger partial charge in [-0.2, -0.15) is 0 Å². The smallest absolute Gasteiger partial charge is 0.227 e. The van der Waals surface area contributed by atoms with Crippen LogP contribution in [0.5, 0.6) is 0 Å². The number of benzene rings is 1. The van der Waals surface area contributed by atoms with Crippen LogP contribution >= 0.6 is 31.9 Å². The van der Waals surface area contributed by atoms with Crippen LogP contribution in [0.1, 0.15) is 16.8 Å². The lowest BCUT2D eigenvalue weighted by Gasteiger charge is -2.20. The molecule has 1 unspecified atom stereocenters. The summed E-state index contributed by atoms with van der Waals surface area (Å²) in [6.45, 7) is 0.219. The number of sulfonamides is 1. The van der Waals surface area contributed by atoms with Gasteiger partial charge in [-0.3, -0.25) is 9.59 Å². The van der Waals surface area contributed by atoms with Crippen molar-refractivity contribution < 1.29 is 18.0 Å². The molecule has 0 aliphatic carbocycles. The van der Waals surface area contributed by atoms with Crippen LogP contribution in [-0.4, -0.2) is 32.9 Å². The summed E-state index contributed by atoms with van der Waals surface area (Å²) in [6, 6.07) is 3.33. The van der Waals surface area contributed by atoms with E-state index in [2.05, 4.69) is 31.9 Å². The molecule has 1 aromatic rings. The number of halogens is 2. The maximum Gasteiger partial charge on any atom is 0.227 e. The van der Waals surface area contributed by atoms with Crippen LogP contribution in [0.2, 0.25) is 0 Å². The lowest BCUT2D eigenvalue weighted by atomic mass is 10.1. The van der Waals surface area contributed by atoms with Gasteiger partial charge < -0.3 is 4.90 Å². The second-order valence-electron chi connectivity index (χ2n) is 4.85. The Hall–Kier alpha value is -0.770. The van der Waals surface area contributed by atoms with Crippen molar-refractivity contribution in [3.63, 3.8) is 0 Å². The molecule has 9 heteroatoms. The lowest BCUT2D eigenvalue weighted by Crippen LogP contribution is -2.28. The Bertz CT molecular complexity index is 705. The number of hydrogen-bond donors (Lipinski definition) is 1. The summed E-state index contributed by atoms with van der Waals surface area (Å²) in [5, 5.41) is 5.02. The van der Waals surface area contributed by atoms with E-state index in [0.717, 1.165) is 0 Å². The number of carbonyl (C=O) groups is 2. The van der Waals surface area contributed by atoms with E-state index in [1.165, 1.54) is 4.90 Å². The zero-order valence-electron chi connectivity index (χ0n) is 10.8. The molecule has 0 aromatic heterocycles. The third kappa shape index (κ3) is 3.91. The summed E-state index contributed by atoms with van der Waals surface area (Å²) in [7, 11) is -3.64. The predicted molar refractivity (Wildman–Crippen MR) is 85.7 cm³/mol. The van der Waals surface area contributed by atoms with Crippen molar-refractivity contribution in [2.75, 3.05) is 17.2 Å². The first-order chi connectivity index (χ1) is 9.71. The van der Waals surface area contributed by atoms with Gasteiger partial charge in [0.05, 0.1) is 11.4 Å². The van der Waals surface area contributed by atoms with Crippen LogP contribution in [0.15, 0.2) is 21.1 Å². The largest absolute Gasteiger partial charge is 0.310 e. The molecule has 1 heterocycles. The Morgan fingerprint density at radius 2 is 2.05 bits per heavy atom. The molecule has 1 amide bonds. The van der Waals surface area contributed by atoms with Crippen LogP contribution in [0, 0.1) is 5.92 Å². The molecule has 21 heavy (non-hydrogen) atoms. The highest BCUT2D eigenvalue weighted by atomic mass is 79.9. The van der Waals surface area contributed by atoms with E-state index in [0.29, 0.717) is 26.5 Å².